The van der Waals surface area contributed by atoms with Gasteiger partial charge in [0.1, 0.15) is 11.9 Å². The molecule has 2 fully saturated rings. The fourth-order valence-electron chi connectivity index (χ4n) is 3.19. The first-order chi connectivity index (χ1) is 12.8. The van der Waals surface area contributed by atoms with Crippen molar-refractivity contribution in [1.29, 1.82) is 0 Å². The van der Waals surface area contributed by atoms with Crippen LogP contribution in [0.3, 0.4) is 0 Å². The normalized spacial score (nSPS) is 18.1. The summed E-state index contributed by atoms with van der Waals surface area (Å²) < 4.78 is 11.8. The van der Waals surface area contributed by atoms with Crippen molar-refractivity contribution >= 4 is 29.9 Å². The summed E-state index contributed by atoms with van der Waals surface area (Å²) in [6, 6.07) is 10.1. The zero-order chi connectivity index (χ0) is 18.0. The minimum atomic E-state index is 0. The molecule has 27 heavy (non-hydrogen) atoms. The highest BCUT2D eigenvalue weighted by molar-refractivity contribution is 14.0. The van der Waals surface area contributed by atoms with E-state index >= 15 is 0 Å². The van der Waals surface area contributed by atoms with Crippen LogP contribution in [0.5, 0.6) is 5.75 Å². The zero-order valence-electron chi connectivity index (χ0n) is 16.4. The molecule has 0 atom stereocenters. The van der Waals surface area contributed by atoms with Gasteiger partial charge in [-0.15, -0.1) is 24.0 Å². The van der Waals surface area contributed by atoms with Gasteiger partial charge in [-0.1, -0.05) is 18.2 Å². The molecule has 1 aromatic carbocycles. The maximum Gasteiger partial charge on any atom is 0.193 e. The van der Waals surface area contributed by atoms with Gasteiger partial charge in [-0.2, -0.15) is 0 Å². The first kappa shape index (κ1) is 22.3. The molecule has 1 saturated carbocycles. The largest absolute Gasteiger partial charge is 0.490 e. The van der Waals surface area contributed by atoms with E-state index in [9.17, 15) is 0 Å². The molecule has 1 heterocycles. The SMILES string of the molecule is CCNC(=NCCCOCC1CC1)N1CCC(Oc2ccccc2)CC1.I. The molecule has 1 N–H and O–H groups in total. The van der Waals surface area contributed by atoms with Crippen LogP contribution < -0.4 is 10.1 Å². The zero-order valence-corrected chi connectivity index (χ0v) is 18.8. The summed E-state index contributed by atoms with van der Waals surface area (Å²) in [6.45, 7) is 7.60. The predicted octanol–water partition coefficient (Wildman–Crippen LogP) is 3.93. The number of ether oxygens (including phenoxy) is 2. The number of hydrogen-bond donors (Lipinski definition) is 1. The van der Waals surface area contributed by atoms with E-state index in [1.54, 1.807) is 0 Å². The van der Waals surface area contributed by atoms with Crippen molar-refractivity contribution in [2.45, 2.75) is 45.1 Å². The van der Waals surface area contributed by atoms with Gasteiger partial charge in [0.2, 0.25) is 0 Å². The van der Waals surface area contributed by atoms with Gasteiger partial charge < -0.3 is 19.7 Å². The van der Waals surface area contributed by atoms with Crippen molar-refractivity contribution in [1.82, 2.24) is 10.2 Å². The van der Waals surface area contributed by atoms with E-state index < -0.39 is 0 Å². The fourth-order valence-corrected chi connectivity index (χ4v) is 3.19. The molecule has 1 aliphatic heterocycles. The van der Waals surface area contributed by atoms with E-state index in [2.05, 4.69) is 17.1 Å². The number of likely N-dealkylation sites (tertiary alicyclic amines) is 1. The molecule has 1 aliphatic carbocycles. The van der Waals surface area contributed by atoms with Gasteiger partial charge in [0.05, 0.1) is 0 Å². The van der Waals surface area contributed by atoms with Crippen LogP contribution in [0.4, 0.5) is 0 Å². The lowest BCUT2D eigenvalue weighted by atomic mass is 10.1. The summed E-state index contributed by atoms with van der Waals surface area (Å²) in [6.07, 6.45) is 6.06. The number of nitrogens with one attached hydrogen (secondary N) is 1. The van der Waals surface area contributed by atoms with E-state index in [0.717, 1.165) is 76.3 Å². The Balaban J connectivity index is 0.00000261. The maximum atomic E-state index is 6.09. The van der Waals surface area contributed by atoms with E-state index in [-0.39, 0.29) is 24.0 Å². The topological polar surface area (TPSA) is 46.1 Å². The molecule has 0 bridgehead atoms. The predicted molar refractivity (Wildman–Crippen MR) is 121 cm³/mol. The van der Waals surface area contributed by atoms with E-state index in [1.807, 2.05) is 30.3 Å². The summed E-state index contributed by atoms with van der Waals surface area (Å²) in [7, 11) is 0. The average Bonchev–Trinajstić information content (AvgIpc) is 3.50. The molecule has 1 saturated heterocycles. The van der Waals surface area contributed by atoms with Gasteiger partial charge in [-0.05, 0) is 44.2 Å². The van der Waals surface area contributed by atoms with Crippen molar-refractivity contribution in [3.63, 3.8) is 0 Å². The van der Waals surface area contributed by atoms with Gasteiger partial charge in [0.15, 0.2) is 5.96 Å². The monoisotopic (exact) mass is 487 g/mol. The average molecular weight is 487 g/mol. The van der Waals surface area contributed by atoms with Crippen molar-refractivity contribution < 1.29 is 9.47 Å². The number of benzene rings is 1. The third-order valence-corrected chi connectivity index (χ3v) is 4.88. The first-order valence-electron chi connectivity index (χ1n) is 10.2. The van der Waals surface area contributed by atoms with E-state index in [1.165, 1.54) is 12.8 Å². The Morgan fingerprint density at radius 3 is 2.56 bits per heavy atom. The second-order valence-electron chi connectivity index (χ2n) is 7.22. The summed E-state index contributed by atoms with van der Waals surface area (Å²) >= 11 is 0. The summed E-state index contributed by atoms with van der Waals surface area (Å²) in [5.74, 6) is 2.85. The van der Waals surface area contributed by atoms with Gasteiger partial charge in [-0.3, -0.25) is 4.99 Å². The molecule has 2 aliphatic rings. The Labute approximate surface area is 180 Å². The van der Waals surface area contributed by atoms with Crippen LogP contribution in [0.2, 0.25) is 0 Å². The van der Waals surface area contributed by atoms with Crippen molar-refractivity contribution in [2.75, 3.05) is 39.4 Å². The molecule has 3 rings (SSSR count). The molecule has 0 amide bonds. The molecular weight excluding hydrogens is 453 g/mol. The molecule has 0 aromatic heterocycles. The molecule has 5 nitrogen and oxygen atoms in total. The van der Waals surface area contributed by atoms with E-state index in [4.69, 9.17) is 14.5 Å². The Morgan fingerprint density at radius 2 is 1.89 bits per heavy atom. The van der Waals surface area contributed by atoms with Crippen LogP contribution in [-0.4, -0.2) is 56.4 Å². The van der Waals surface area contributed by atoms with Crippen molar-refractivity contribution in [3.8, 4) is 5.75 Å². The fraction of sp³-hybridized carbons (Fsp3) is 0.667. The highest BCUT2D eigenvalue weighted by Gasteiger charge is 2.23. The summed E-state index contributed by atoms with van der Waals surface area (Å²) in [4.78, 5) is 7.15. The van der Waals surface area contributed by atoms with Crippen LogP contribution in [0.1, 0.15) is 39.0 Å². The van der Waals surface area contributed by atoms with Crippen LogP contribution in [-0.2, 0) is 4.74 Å². The van der Waals surface area contributed by atoms with Gasteiger partial charge in [-0.25, -0.2) is 0 Å². The summed E-state index contributed by atoms with van der Waals surface area (Å²) in [5, 5.41) is 3.43. The lowest BCUT2D eigenvalue weighted by Crippen LogP contribution is -2.47. The number of guanidine groups is 1. The number of nitrogens with zero attached hydrogens (tertiary/aromatic N) is 2. The van der Waals surface area contributed by atoms with Crippen molar-refractivity contribution in [3.05, 3.63) is 30.3 Å². The number of hydrogen-bond acceptors (Lipinski definition) is 3. The van der Waals surface area contributed by atoms with Gasteiger partial charge in [0.25, 0.3) is 0 Å². The minimum absolute atomic E-state index is 0. The number of halogens is 1. The molecule has 152 valence electrons. The first-order valence-corrected chi connectivity index (χ1v) is 10.2. The molecular formula is C21H34IN3O2. The molecule has 0 radical (unpaired) electrons. The maximum absolute atomic E-state index is 6.09. The minimum Gasteiger partial charge on any atom is -0.490 e. The lowest BCUT2D eigenvalue weighted by Gasteiger charge is -2.34. The number of rotatable bonds is 9. The van der Waals surface area contributed by atoms with Crippen molar-refractivity contribution in [2.24, 2.45) is 10.9 Å². The van der Waals surface area contributed by atoms with Crippen LogP contribution >= 0.6 is 24.0 Å². The smallest absolute Gasteiger partial charge is 0.193 e. The highest BCUT2D eigenvalue weighted by Crippen LogP contribution is 2.28. The lowest BCUT2D eigenvalue weighted by molar-refractivity contribution is 0.123. The van der Waals surface area contributed by atoms with Gasteiger partial charge in [0, 0.05) is 52.2 Å². The number of aliphatic imine (C=N–C) groups is 1. The van der Waals surface area contributed by atoms with Crippen LogP contribution in [0, 0.1) is 5.92 Å². The second kappa shape index (κ2) is 12.4. The number of para-hydroxylation sites is 1. The molecule has 0 spiro atoms. The highest BCUT2D eigenvalue weighted by atomic mass is 127. The quantitative estimate of drug-likeness (QED) is 0.248. The third-order valence-electron chi connectivity index (χ3n) is 4.88. The van der Waals surface area contributed by atoms with Gasteiger partial charge >= 0.3 is 0 Å². The standard InChI is InChI=1S/C21H33N3O2.HI/c1-2-22-21(23-13-6-16-25-17-18-9-10-18)24-14-11-20(12-15-24)26-19-7-4-3-5-8-19;/h3-5,7-8,18,20H,2,6,9-17H2,1H3,(H,22,23);1H. The van der Waals surface area contributed by atoms with Crippen LogP contribution in [0.15, 0.2) is 35.3 Å². The molecule has 0 unspecified atom stereocenters. The molecule has 1 aromatic rings. The van der Waals surface area contributed by atoms with E-state index in [0.29, 0.717) is 6.10 Å². The number of piperidine rings is 1. The third kappa shape index (κ3) is 8.25. The Kier molecular flexibility index (Phi) is 10.3. The Bertz CT molecular complexity index is 544. The molecule has 6 heteroatoms. The Morgan fingerprint density at radius 1 is 1.15 bits per heavy atom. The van der Waals surface area contributed by atoms with Crippen LogP contribution in [0.25, 0.3) is 0 Å². The Hall–Kier alpha value is -1.02. The summed E-state index contributed by atoms with van der Waals surface area (Å²) in [5.41, 5.74) is 0. The second-order valence-corrected chi connectivity index (χ2v) is 7.22.